The molecule has 0 unspecified atom stereocenters. The van der Waals surface area contributed by atoms with Gasteiger partial charge in [-0.2, -0.15) is 0 Å². The molecule has 190 valence electrons. The number of primary amides is 1. The van der Waals surface area contributed by atoms with Gasteiger partial charge in [0, 0.05) is 17.5 Å². The number of esters is 1. The van der Waals surface area contributed by atoms with Crippen LogP contribution in [0.2, 0.25) is 0 Å². The molecule has 2 N–H and O–H groups in total. The molecule has 1 heterocycles. The van der Waals surface area contributed by atoms with E-state index in [1.54, 1.807) is 17.9 Å². The second-order valence-electron chi connectivity index (χ2n) is 8.97. The Morgan fingerprint density at radius 2 is 1.73 bits per heavy atom. The first-order chi connectivity index (χ1) is 17.8. The third kappa shape index (κ3) is 5.78. The molecular formula is C30H30N2O4S. The summed E-state index contributed by atoms with van der Waals surface area (Å²) >= 11 is 1.32. The number of likely N-dealkylation sites (tertiary alicyclic amines) is 1. The average molecular weight is 515 g/mol. The minimum atomic E-state index is -1.25. The zero-order chi connectivity index (χ0) is 26.4. The van der Waals surface area contributed by atoms with Crippen molar-refractivity contribution in [2.24, 2.45) is 5.73 Å². The fourth-order valence-corrected chi connectivity index (χ4v) is 5.99. The number of carbonyl (C=O) groups excluding carboxylic acids is 3. The summed E-state index contributed by atoms with van der Waals surface area (Å²) in [4.78, 5) is 41.6. The van der Waals surface area contributed by atoms with Crippen LogP contribution in [0.15, 0.2) is 89.8 Å². The summed E-state index contributed by atoms with van der Waals surface area (Å²) in [6.45, 7) is 4.33. The minimum Gasteiger partial charge on any atom is -0.463 e. The number of nitrogens with two attached hydrogens (primary N) is 1. The number of hydrogen-bond acceptors (Lipinski definition) is 5. The Morgan fingerprint density at radius 1 is 1.05 bits per heavy atom. The number of aryl methyl sites for hydroxylation is 1. The first kappa shape index (κ1) is 26.2. The number of amides is 2. The SMILES string of the molecule is CCOC(=O)/C=C/c1ccccc1[C@H]1N(Cc2ccccc2)C(=O)C[C@]1(Sc1ccc(C)cc1)C(N)=O. The van der Waals surface area contributed by atoms with Crippen LogP contribution in [-0.4, -0.2) is 34.0 Å². The van der Waals surface area contributed by atoms with Crippen LogP contribution in [0.1, 0.15) is 41.6 Å². The second-order valence-corrected chi connectivity index (χ2v) is 10.4. The summed E-state index contributed by atoms with van der Waals surface area (Å²) < 4.78 is 3.79. The first-order valence-corrected chi connectivity index (χ1v) is 13.0. The fraction of sp³-hybridized carbons (Fsp3) is 0.233. The number of hydrogen-bond donors (Lipinski definition) is 1. The van der Waals surface area contributed by atoms with E-state index in [-0.39, 0.29) is 18.9 Å². The van der Waals surface area contributed by atoms with Gasteiger partial charge in [-0.25, -0.2) is 4.79 Å². The van der Waals surface area contributed by atoms with Gasteiger partial charge in [-0.15, -0.1) is 11.8 Å². The third-order valence-electron chi connectivity index (χ3n) is 6.40. The number of carbonyl (C=O) groups is 3. The van der Waals surface area contributed by atoms with E-state index in [0.29, 0.717) is 12.1 Å². The van der Waals surface area contributed by atoms with Gasteiger partial charge < -0.3 is 15.4 Å². The number of benzene rings is 3. The number of nitrogens with zero attached hydrogens (tertiary/aromatic N) is 1. The van der Waals surface area contributed by atoms with Crippen molar-refractivity contribution in [2.75, 3.05) is 6.61 Å². The van der Waals surface area contributed by atoms with Gasteiger partial charge >= 0.3 is 5.97 Å². The van der Waals surface area contributed by atoms with Crippen molar-refractivity contribution in [3.63, 3.8) is 0 Å². The lowest BCUT2D eigenvalue weighted by atomic mass is 9.88. The fourth-order valence-electron chi connectivity index (χ4n) is 4.64. The van der Waals surface area contributed by atoms with E-state index in [1.165, 1.54) is 17.8 Å². The van der Waals surface area contributed by atoms with Crippen molar-refractivity contribution in [2.45, 2.75) is 42.5 Å². The van der Waals surface area contributed by atoms with Crippen LogP contribution in [0.4, 0.5) is 0 Å². The van der Waals surface area contributed by atoms with Crippen LogP contribution in [0.3, 0.4) is 0 Å². The summed E-state index contributed by atoms with van der Waals surface area (Å²) in [5.74, 6) is -1.18. The third-order valence-corrected chi connectivity index (χ3v) is 7.84. The maximum absolute atomic E-state index is 13.6. The van der Waals surface area contributed by atoms with E-state index in [0.717, 1.165) is 21.6 Å². The van der Waals surface area contributed by atoms with E-state index >= 15 is 0 Å². The van der Waals surface area contributed by atoms with Crippen molar-refractivity contribution in [1.82, 2.24) is 4.90 Å². The van der Waals surface area contributed by atoms with Gasteiger partial charge in [0.1, 0.15) is 4.75 Å². The molecular weight excluding hydrogens is 484 g/mol. The van der Waals surface area contributed by atoms with Crippen LogP contribution in [0, 0.1) is 6.92 Å². The summed E-state index contributed by atoms with van der Waals surface area (Å²) in [6.07, 6.45) is 2.99. The Balaban J connectivity index is 1.85. The summed E-state index contributed by atoms with van der Waals surface area (Å²) in [6, 6.07) is 24.3. The number of thioether (sulfide) groups is 1. The molecule has 3 aromatic carbocycles. The van der Waals surface area contributed by atoms with Gasteiger partial charge in [-0.05, 0) is 48.7 Å². The van der Waals surface area contributed by atoms with Crippen LogP contribution in [0.25, 0.3) is 6.08 Å². The molecule has 6 nitrogen and oxygen atoms in total. The van der Waals surface area contributed by atoms with Crippen LogP contribution >= 0.6 is 11.8 Å². The van der Waals surface area contributed by atoms with Crippen molar-refractivity contribution in [3.8, 4) is 0 Å². The van der Waals surface area contributed by atoms with Gasteiger partial charge in [-0.3, -0.25) is 9.59 Å². The standard InChI is InChI=1S/C30H30N2O4S/c1-3-36-27(34)18-15-23-11-7-8-12-25(23)28-30(29(31)35,37-24-16-13-21(2)14-17-24)19-26(33)32(28)20-22-9-5-4-6-10-22/h4-18,28H,3,19-20H2,1-2H3,(H2,31,35)/b18-15+/t28-,30-/m1/s1. The zero-order valence-electron chi connectivity index (χ0n) is 20.9. The lowest BCUT2D eigenvalue weighted by Gasteiger charge is -2.36. The molecule has 3 aromatic rings. The van der Waals surface area contributed by atoms with Crippen molar-refractivity contribution in [1.29, 1.82) is 0 Å². The maximum atomic E-state index is 13.6. The lowest BCUT2D eigenvalue weighted by Crippen LogP contribution is -2.46. The molecule has 1 fully saturated rings. The molecule has 37 heavy (non-hydrogen) atoms. The number of ether oxygens (including phenoxy) is 1. The smallest absolute Gasteiger partial charge is 0.330 e. The molecule has 2 amide bonds. The maximum Gasteiger partial charge on any atom is 0.330 e. The van der Waals surface area contributed by atoms with E-state index in [9.17, 15) is 14.4 Å². The molecule has 4 rings (SSSR count). The molecule has 0 spiro atoms. The van der Waals surface area contributed by atoms with Crippen LogP contribution in [-0.2, 0) is 25.7 Å². The Labute approximate surface area is 221 Å². The molecule has 0 saturated carbocycles. The lowest BCUT2D eigenvalue weighted by molar-refractivity contribution is -0.137. The van der Waals surface area contributed by atoms with Crippen molar-refractivity contribution >= 4 is 35.6 Å². The monoisotopic (exact) mass is 514 g/mol. The van der Waals surface area contributed by atoms with Crippen LogP contribution < -0.4 is 5.73 Å². The van der Waals surface area contributed by atoms with Gasteiger partial charge in [0.25, 0.3) is 0 Å². The van der Waals surface area contributed by atoms with Crippen LogP contribution in [0.5, 0.6) is 0 Å². The van der Waals surface area contributed by atoms with E-state index in [4.69, 9.17) is 10.5 Å². The Kier molecular flexibility index (Phi) is 8.14. The van der Waals surface area contributed by atoms with E-state index in [1.807, 2.05) is 85.8 Å². The highest BCUT2D eigenvalue weighted by molar-refractivity contribution is 8.01. The predicted octanol–water partition coefficient (Wildman–Crippen LogP) is 5.06. The minimum absolute atomic E-state index is 0.0334. The van der Waals surface area contributed by atoms with Crippen molar-refractivity contribution in [3.05, 3.63) is 107 Å². The topological polar surface area (TPSA) is 89.7 Å². The molecule has 0 aromatic heterocycles. The van der Waals surface area contributed by atoms with E-state index in [2.05, 4.69) is 0 Å². The molecule has 0 bridgehead atoms. The molecule has 7 heteroatoms. The van der Waals surface area contributed by atoms with Gasteiger partial charge in [0.2, 0.25) is 11.8 Å². The first-order valence-electron chi connectivity index (χ1n) is 12.2. The molecule has 1 aliphatic rings. The molecule has 1 aliphatic heterocycles. The summed E-state index contributed by atoms with van der Waals surface area (Å²) in [5.41, 5.74) is 9.63. The quantitative estimate of drug-likeness (QED) is 0.318. The van der Waals surface area contributed by atoms with Gasteiger partial charge in [0.05, 0.1) is 19.1 Å². The number of rotatable bonds is 9. The second kappa shape index (κ2) is 11.5. The molecule has 0 aliphatic carbocycles. The summed E-state index contributed by atoms with van der Waals surface area (Å²) in [7, 11) is 0. The predicted molar refractivity (Wildman–Crippen MR) is 145 cm³/mol. The normalized spacial score (nSPS) is 19.4. The Bertz CT molecular complexity index is 1310. The largest absolute Gasteiger partial charge is 0.463 e. The van der Waals surface area contributed by atoms with Gasteiger partial charge in [0.15, 0.2) is 0 Å². The highest BCUT2D eigenvalue weighted by atomic mass is 32.2. The van der Waals surface area contributed by atoms with Gasteiger partial charge in [-0.1, -0.05) is 72.3 Å². The van der Waals surface area contributed by atoms with Crippen molar-refractivity contribution < 1.29 is 19.1 Å². The average Bonchev–Trinajstić information content (AvgIpc) is 3.16. The molecule has 2 atom stereocenters. The summed E-state index contributed by atoms with van der Waals surface area (Å²) in [5, 5.41) is 0. The Morgan fingerprint density at radius 3 is 2.41 bits per heavy atom. The molecule has 1 saturated heterocycles. The molecule has 0 radical (unpaired) electrons. The highest BCUT2D eigenvalue weighted by Gasteiger charge is 2.57. The highest BCUT2D eigenvalue weighted by Crippen LogP contribution is 2.53. The zero-order valence-corrected chi connectivity index (χ0v) is 21.7. The Hall–Kier alpha value is -3.84. The van der Waals surface area contributed by atoms with E-state index < -0.39 is 22.7 Å².